The number of fused-ring (bicyclic) bond motifs is 1. The van der Waals surface area contributed by atoms with Crippen molar-refractivity contribution in [3.8, 4) is 0 Å². The van der Waals surface area contributed by atoms with Crippen molar-refractivity contribution < 1.29 is 85.1 Å². The molecule has 0 saturated carbocycles. The van der Waals surface area contributed by atoms with E-state index >= 15 is 0 Å². The van der Waals surface area contributed by atoms with Gasteiger partial charge in [-0.3, -0.25) is 0 Å². The topological polar surface area (TPSA) is 114 Å². The van der Waals surface area contributed by atoms with Crippen LogP contribution in [0.3, 0.4) is 0 Å². The Balaban J connectivity index is 0.00000684. The van der Waals surface area contributed by atoms with Crippen LogP contribution in [0.5, 0.6) is 0 Å². The summed E-state index contributed by atoms with van der Waals surface area (Å²) in [6, 6.07) is 6.48. The molecule has 204 valence electrons. The second-order valence-electron chi connectivity index (χ2n) is 9.81. The smallest absolute Gasteiger partial charge is 0.744 e. The molecule has 6 nitrogen and oxygen atoms in total. The average molecular weight is 585 g/mol. The van der Waals surface area contributed by atoms with Crippen LogP contribution in [-0.2, 0) is 33.1 Å². The fourth-order valence-corrected chi connectivity index (χ4v) is 7.36. The largest absolute Gasteiger partial charge is 1.00 e. The van der Waals surface area contributed by atoms with Gasteiger partial charge in [0.05, 0.1) is 9.79 Å². The number of benzene rings is 2. The fourth-order valence-electron chi connectivity index (χ4n) is 5.08. The van der Waals surface area contributed by atoms with E-state index in [0.717, 1.165) is 57.8 Å². The van der Waals surface area contributed by atoms with Crippen LogP contribution >= 0.6 is 0 Å². The zero-order chi connectivity index (χ0) is 26.6. The molecule has 0 spiro atoms. The summed E-state index contributed by atoms with van der Waals surface area (Å²) in [4.78, 5) is -1.70. The Bertz CT molecular complexity index is 1180. The Labute approximate surface area is 275 Å². The molecule has 0 amide bonds. The molecule has 0 heterocycles. The van der Waals surface area contributed by atoms with Crippen LogP contribution in [0.25, 0.3) is 10.8 Å². The van der Waals surface area contributed by atoms with Crippen molar-refractivity contribution in [3.63, 3.8) is 0 Å². The minimum absolute atomic E-state index is 0. The van der Waals surface area contributed by atoms with Gasteiger partial charge in [0.25, 0.3) is 0 Å². The van der Waals surface area contributed by atoms with E-state index in [0.29, 0.717) is 23.8 Å². The van der Waals surface area contributed by atoms with Gasteiger partial charge < -0.3 is 9.11 Å². The molecular formula is C28H42Na2O6S2. The SMILES string of the molecule is CCCCCCCCCc1c(S(=O)(=O)[O-])c(S(=O)(=O)[O-])c2ccccc2c1CCCCCCCCC.[Na+].[Na+]. The Hall–Kier alpha value is 0.520. The summed E-state index contributed by atoms with van der Waals surface area (Å²) in [7, 11) is -10.4. The first kappa shape index (κ1) is 38.5. The number of hydrogen-bond donors (Lipinski definition) is 0. The maximum atomic E-state index is 12.4. The normalized spacial score (nSPS) is 11.8. The van der Waals surface area contributed by atoms with E-state index in [9.17, 15) is 25.9 Å². The first-order valence-electron chi connectivity index (χ1n) is 13.6. The van der Waals surface area contributed by atoms with Crippen molar-refractivity contribution in [2.45, 2.75) is 126 Å². The Morgan fingerprint density at radius 3 is 1.32 bits per heavy atom. The Morgan fingerprint density at radius 1 is 0.526 bits per heavy atom. The van der Waals surface area contributed by atoms with Gasteiger partial charge >= 0.3 is 59.1 Å². The second-order valence-corrected chi connectivity index (χ2v) is 12.4. The van der Waals surface area contributed by atoms with Gasteiger partial charge in [-0.15, -0.1) is 0 Å². The van der Waals surface area contributed by atoms with Crippen molar-refractivity contribution >= 4 is 31.0 Å². The molecular weight excluding hydrogens is 542 g/mol. The van der Waals surface area contributed by atoms with Crippen LogP contribution in [0.4, 0.5) is 0 Å². The average Bonchev–Trinajstić information content (AvgIpc) is 2.81. The molecule has 0 atom stereocenters. The third-order valence-electron chi connectivity index (χ3n) is 6.90. The summed E-state index contributed by atoms with van der Waals surface area (Å²) >= 11 is 0. The van der Waals surface area contributed by atoms with Gasteiger partial charge in [0.1, 0.15) is 20.2 Å². The van der Waals surface area contributed by atoms with E-state index in [2.05, 4.69) is 13.8 Å². The predicted octanol–water partition coefficient (Wildman–Crippen LogP) is 1.24. The van der Waals surface area contributed by atoms with Gasteiger partial charge in [-0.2, -0.15) is 0 Å². The molecule has 0 saturated heterocycles. The van der Waals surface area contributed by atoms with E-state index in [1.54, 1.807) is 18.2 Å². The van der Waals surface area contributed by atoms with Crippen molar-refractivity contribution in [3.05, 3.63) is 35.4 Å². The van der Waals surface area contributed by atoms with Crippen molar-refractivity contribution in [2.24, 2.45) is 0 Å². The summed E-state index contributed by atoms with van der Waals surface area (Å²) in [6.07, 6.45) is 15.4. The first-order valence-corrected chi connectivity index (χ1v) is 16.4. The van der Waals surface area contributed by atoms with Crippen molar-refractivity contribution in [1.29, 1.82) is 0 Å². The van der Waals surface area contributed by atoms with E-state index in [1.165, 1.54) is 31.7 Å². The number of hydrogen-bond acceptors (Lipinski definition) is 6. The first-order chi connectivity index (χ1) is 17.1. The van der Waals surface area contributed by atoms with Crippen LogP contribution in [0.15, 0.2) is 34.1 Å². The van der Waals surface area contributed by atoms with Gasteiger partial charge in [-0.05, 0) is 42.2 Å². The van der Waals surface area contributed by atoms with Gasteiger partial charge in [0.15, 0.2) is 0 Å². The maximum Gasteiger partial charge on any atom is 1.00 e. The quantitative estimate of drug-likeness (QED) is 0.148. The summed E-state index contributed by atoms with van der Waals surface area (Å²) in [6.45, 7) is 4.32. The van der Waals surface area contributed by atoms with Crippen molar-refractivity contribution in [2.75, 3.05) is 0 Å². The van der Waals surface area contributed by atoms with Crippen LogP contribution in [0.2, 0.25) is 0 Å². The van der Waals surface area contributed by atoms with Crippen molar-refractivity contribution in [1.82, 2.24) is 0 Å². The van der Waals surface area contributed by atoms with Gasteiger partial charge in [-0.1, -0.05) is 115 Å². The standard InChI is InChI=1S/C28H44O6S2.2Na/c1-3-5-7-9-11-13-15-19-23-24-20-17-18-22-26(24)28(36(32,33)34)27(35(29,30)31)25(23)21-16-14-12-10-8-6-4-2;;/h17-18,20,22H,3-16,19,21H2,1-2H3,(H,29,30,31)(H,32,33,34);;/q;2*+1/p-2. The Kier molecular flexibility index (Phi) is 19.9. The number of unbranched alkanes of at least 4 members (excludes halogenated alkanes) is 12. The summed E-state index contributed by atoms with van der Waals surface area (Å²) in [5, 5.41) is 0.589. The maximum absolute atomic E-state index is 12.4. The summed E-state index contributed by atoms with van der Waals surface area (Å²) in [5.74, 6) is 0. The number of rotatable bonds is 18. The molecule has 2 aromatic carbocycles. The van der Waals surface area contributed by atoms with Gasteiger partial charge in [0.2, 0.25) is 0 Å². The molecule has 0 aliphatic rings. The minimum atomic E-state index is -5.20. The van der Waals surface area contributed by atoms with E-state index < -0.39 is 30.0 Å². The number of aryl methyl sites for hydroxylation is 1. The van der Waals surface area contributed by atoms with E-state index in [4.69, 9.17) is 0 Å². The molecule has 0 aromatic heterocycles. The predicted molar refractivity (Wildman–Crippen MR) is 143 cm³/mol. The molecule has 2 rings (SSSR count). The molecule has 0 radical (unpaired) electrons. The summed E-state index contributed by atoms with van der Waals surface area (Å²) < 4.78 is 74.2. The zero-order valence-corrected chi connectivity index (χ0v) is 29.5. The van der Waals surface area contributed by atoms with Gasteiger partial charge in [-0.25, -0.2) is 16.8 Å². The fraction of sp³-hybridized carbons (Fsp3) is 0.643. The molecule has 0 aliphatic heterocycles. The minimum Gasteiger partial charge on any atom is -0.744 e. The Morgan fingerprint density at radius 2 is 0.895 bits per heavy atom. The monoisotopic (exact) mass is 584 g/mol. The molecule has 0 unspecified atom stereocenters. The molecule has 0 aliphatic carbocycles. The second kappa shape index (κ2) is 19.6. The molecule has 0 N–H and O–H groups in total. The van der Waals surface area contributed by atoms with E-state index in [1.807, 2.05) is 0 Å². The van der Waals surface area contributed by atoms with Crippen LogP contribution in [0.1, 0.15) is 115 Å². The zero-order valence-electron chi connectivity index (χ0n) is 23.9. The third kappa shape index (κ3) is 12.2. The van der Waals surface area contributed by atoms with Crippen LogP contribution in [-0.4, -0.2) is 25.9 Å². The van der Waals surface area contributed by atoms with E-state index in [-0.39, 0.29) is 76.5 Å². The molecule has 10 heteroatoms. The summed E-state index contributed by atoms with van der Waals surface area (Å²) in [5.41, 5.74) is 0.935. The van der Waals surface area contributed by atoms with Gasteiger partial charge in [0, 0.05) is 5.39 Å². The third-order valence-corrected chi connectivity index (χ3v) is 8.91. The van der Waals surface area contributed by atoms with Crippen LogP contribution in [0, 0.1) is 0 Å². The van der Waals surface area contributed by atoms with Crippen LogP contribution < -0.4 is 59.1 Å². The molecule has 0 fully saturated rings. The molecule has 2 aromatic rings. The molecule has 38 heavy (non-hydrogen) atoms. The molecule has 0 bridgehead atoms.